The van der Waals surface area contributed by atoms with Crippen LogP contribution in [0, 0.1) is 0 Å². The molecule has 2 rings (SSSR count). The second-order valence-electron chi connectivity index (χ2n) is 4.98. The van der Waals surface area contributed by atoms with Gasteiger partial charge in [-0.05, 0) is 49.2 Å². The monoisotopic (exact) mass is 309 g/mol. The van der Waals surface area contributed by atoms with E-state index in [4.69, 9.17) is 10.5 Å². The number of allylic oxidation sites excluding steroid dienone is 1. The molecule has 0 amide bonds. The van der Waals surface area contributed by atoms with Gasteiger partial charge in [-0.3, -0.25) is 4.79 Å². The lowest BCUT2D eigenvalue weighted by Crippen LogP contribution is -2.05. The maximum Gasteiger partial charge on any atom is 0.338 e. The summed E-state index contributed by atoms with van der Waals surface area (Å²) in [5, 5.41) is 0. The van der Waals surface area contributed by atoms with Crippen LogP contribution in [0.1, 0.15) is 40.1 Å². The van der Waals surface area contributed by atoms with E-state index in [0.717, 1.165) is 23.0 Å². The third-order valence-electron chi connectivity index (χ3n) is 3.44. The summed E-state index contributed by atoms with van der Waals surface area (Å²) in [6, 6.07) is 10.5. The average Bonchev–Trinajstić information content (AvgIpc) is 2.55. The number of hydrogen-bond donors (Lipinski definition) is 1. The van der Waals surface area contributed by atoms with Crippen LogP contribution in [0.25, 0.3) is 17.2 Å². The van der Waals surface area contributed by atoms with E-state index in [1.807, 2.05) is 31.2 Å². The molecule has 0 saturated carbocycles. The summed E-state index contributed by atoms with van der Waals surface area (Å²) in [4.78, 5) is 23.0. The number of aldehydes is 1. The van der Waals surface area contributed by atoms with Crippen molar-refractivity contribution in [2.75, 3.05) is 12.3 Å². The molecular weight excluding hydrogens is 290 g/mol. The summed E-state index contributed by atoms with van der Waals surface area (Å²) in [7, 11) is 0. The first-order chi connectivity index (χ1) is 11.1. The van der Waals surface area contributed by atoms with Gasteiger partial charge in [0.1, 0.15) is 0 Å². The lowest BCUT2D eigenvalue weighted by atomic mass is 9.96. The highest BCUT2D eigenvalue weighted by atomic mass is 16.5. The Morgan fingerprint density at radius 2 is 1.96 bits per heavy atom. The highest BCUT2D eigenvalue weighted by Crippen LogP contribution is 2.29. The maximum atomic E-state index is 11.9. The van der Waals surface area contributed by atoms with Crippen LogP contribution in [0.15, 0.2) is 42.5 Å². The van der Waals surface area contributed by atoms with Gasteiger partial charge in [0.2, 0.25) is 0 Å². The molecule has 118 valence electrons. The van der Waals surface area contributed by atoms with Crippen LogP contribution in [0.3, 0.4) is 0 Å². The Balaban J connectivity index is 2.53. The second-order valence-corrected chi connectivity index (χ2v) is 4.98. The molecule has 0 aliphatic carbocycles. The van der Waals surface area contributed by atoms with Gasteiger partial charge in [0.05, 0.1) is 12.2 Å². The van der Waals surface area contributed by atoms with E-state index in [0.29, 0.717) is 23.4 Å². The van der Waals surface area contributed by atoms with Crippen LogP contribution in [0.4, 0.5) is 5.69 Å². The molecule has 0 aliphatic rings. The number of carbonyl (C=O) groups excluding carboxylic acids is 2. The molecule has 2 aromatic rings. The normalized spacial score (nSPS) is 10.7. The quantitative estimate of drug-likeness (QED) is 0.515. The molecule has 4 heteroatoms. The zero-order chi connectivity index (χ0) is 16.8. The molecule has 0 radical (unpaired) electrons. The number of esters is 1. The van der Waals surface area contributed by atoms with Gasteiger partial charge in [0, 0.05) is 16.8 Å². The van der Waals surface area contributed by atoms with Gasteiger partial charge in [-0.2, -0.15) is 0 Å². The van der Waals surface area contributed by atoms with E-state index in [1.54, 1.807) is 31.2 Å². The van der Waals surface area contributed by atoms with Gasteiger partial charge in [-0.25, -0.2) is 4.79 Å². The van der Waals surface area contributed by atoms with E-state index < -0.39 is 0 Å². The minimum atomic E-state index is -0.382. The van der Waals surface area contributed by atoms with Crippen molar-refractivity contribution in [1.29, 1.82) is 0 Å². The van der Waals surface area contributed by atoms with Crippen molar-refractivity contribution < 1.29 is 14.3 Å². The van der Waals surface area contributed by atoms with Gasteiger partial charge in [-0.15, -0.1) is 0 Å². The Hall–Kier alpha value is -2.88. The second kappa shape index (κ2) is 7.40. The fourth-order valence-electron chi connectivity index (χ4n) is 2.32. The molecule has 0 atom stereocenters. The van der Waals surface area contributed by atoms with Crippen molar-refractivity contribution in [2.45, 2.75) is 13.8 Å². The number of rotatable bonds is 5. The third-order valence-corrected chi connectivity index (χ3v) is 3.44. The van der Waals surface area contributed by atoms with Gasteiger partial charge in [0.15, 0.2) is 6.29 Å². The Bertz CT molecular complexity index is 763. The van der Waals surface area contributed by atoms with Gasteiger partial charge < -0.3 is 10.5 Å². The molecule has 0 saturated heterocycles. The molecule has 4 nitrogen and oxygen atoms in total. The Morgan fingerprint density at radius 1 is 1.17 bits per heavy atom. The number of carbonyl (C=O) groups is 2. The number of benzene rings is 2. The predicted octanol–water partition coefficient (Wildman–Crippen LogP) is 3.96. The fraction of sp³-hybridized carbons (Fsp3) is 0.158. The van der Waals surface area contributed by atoms with Crippen molar-refractivity contribution in [3.63, 3.8) is 0 Å². The molecule has 2 N–H and O–H groups in total. The first-order valence-electron chi connectivity index (χ1n) is 7.39. The molecule has 23 heavy (non-hydrogen) atoms. The highest BCUT2D eigenvalue weighted by Gasteiger charge is 2.11. The molecule has 0 aromatic heterocycles. The van der Waals surface area contributed by atoms with Crippen LogP contribution in [-0.2, 0) is 4.74 Å². The zero-order valence-corrected chi connectivity index (χ0v) is 13.2. The molecule has 2 aromatic carbocycles. The van der Waals surface area contributed by atoms with Gasteiger partial charge in [0.25, 0.3) is 0 Å². The number of ether oxygens (including phenoxy) is 1. The summed E-state index contributed by atoms with van der Waals surface area (Å²) in [5.41, 5.74) is 10.0. The Morgan fingerprint density at radius 3 is 2.61 bits per heavy atom. The van der Waals surface area contributed by atoms with E-state index in [-0.39, 0.29) is 5.97 Å². The van der Waals surface area contributed by atoms with Gasteiger partial charge >= 0.3 is 5.97 Å². The first kappa shape index (κ1) is 16.5. The van der Waals surface area contributed by atoms with Crippen molar-refractivity contribution in [2.24, 2.45) is 0 Å². The molecule has 0 spiro atoms. The van der Waals surface area contributed by atoms with Crippen molar-refractivity contribution in [3.05, 3.63) is 59.2 Å². The van der Waals surface area contributed by atoms with Crippen LogP contribution in [0.5, 0.6) is 0 Å². The Kier molecular flexibility index (Phi) is 5.31. The SMILES string of the molecule is C/C=C/c1cc(-c2cc(C(=O)OCC)ccc2N)ccc1C=O. The Labute approximate surface area is 135 Å². The minimum Gasteiger partial charge on any atom is -0.462 e. The average molecular weight is 309 g/mol. The maximum absolute atomic E-state index is 11.9. The number of nitrogens with two attached hydrogens (primary N) is 1. The van der Waals surface area contributed by atoms with Crippen LogP contribution in [0.2, 0.25) is 0 Å². The lowest BCUT2D eigenvalue weighted by Gasteiger charge is -2.10. The highest BCUT2D eigenvalue weighted by molar-refractivity contribution is 5.93. The van der Waals surface area contributed by atoms with Gasteiger partial charge in [-0.1, -0.05) is 24.3 Å². The van der Waals surface area contributed by atoms with Crippen molar-refractivity contribution >= 4 is 24.0 Å². The summed E-state index contributed by atoms with van der Waals surface area (Å²) >= 11 is 0. The summed E-state index contributed by atoms with van der Waals surface area (Å²) < 4.78 is 5.02. The van der Waals surface area contributed by atoms with E-state index >= 15 is 0 Å². The van der Waals surface area contributed by atoms with E-state index in [2.05, 4.69) is 0 Å². The van der Waals surface area contributed by atoms with E-state index in [1.165, 1.54) is 0 Å². The summed E-state index contributed by atoms with van der Waals surface area (Å²) in [6.07, 6.45) is 4.54. The van der Waals surface area contributed by atoms with Crippen LogP contribution < -0.4 is 5.73 Å². The number of anilines is 1. The fourth-order valence-corrected chi connectivity index (χ4v) is 2.32. The standard InChI is InChI=1S/C19H19NO3/c1-3-5-13-10-14(6-7-16(13)12-21)17-11-15(8-9-18(17)20)19(22)23-4-2/h3,5-12H,4,20H2,1-2H3/b5-3+. The van der Waals surface area contributed by atoms with Crippen molar-refractivity contribution in [3.8, 4) is 11.1 Å². The van der Waals surface area contributed by atoms with Crippen LogP contribution in [-0.4, -0.2) is 18.9 Å². The lowest BCUT2D eigenvalue weighted by molar-refractivity contribution is 0.0526. The number of hydrogen-bond acceptors (Lipinski definition) is 4. The molecule has 0 unspecified atom stereocenters. The minimum absolute atomic E-state index is 0.317. The summed E-state index contributed by atoms with van der Waals surface area (Å²) in [6.45, 7) is 3.96. The predicted molar refractivity (Wildman–Crippen MR) is 92.3 cm³/mol. The third kappa shape index (κ3) is 3.66. The van der Waals surface area contributed by atoms with E-state index in [9.17, 15) is 9.59 Å². The first-order valence-corrected chi connectivity index (χ1v) is 7.39. The molecular formula is C19H19NO3. The number of nitrogen functional groups attached to an aromatic ring is 1. The molecule has 0 bridgehead atoms. The summed E-state index contributed by atoms with van der Waals surface area (Å²) in [5.74, 6) is -0.382. The van der Waals surface area contributed by atoms with Crippen molar-refractivity contribution in [1.82, 2.24) is 0 Å². The zero-order valence-electron chi connectivity index (χ0n) is 13.2. The largest absolute Gasteiger partial charge is 0.462 e. The molecule has 0 aliphatic heterocycles. The smallest absolute Gasteiger partial charge is 0.338 e. The van der Waals surface area contributed by atoms with Crippen LogP contribution >= 0.6 is 0 Å². The molecule has 0 fully saturated rings. The molecule has 0 heterocycles. The topological polar surface area (TPSA) is 69.4 Å².